The molecular weight excluding hydrogens is 300 g/mol. The van der Waals surface area contributed by atoms with Gasteiger partial charge in [-0.1, -0.05) is 36.4 Å². The Labute approximate surface area is 127 Å². The second-order valence-corrected chi connectivity index (χ2v) is 7.30. The van der Waals surface area contributed by atoms with Gasteiger partial charge in [0.25, 0.3) is 0 Å². The SMILES string of the molecule is F[Si]1(F)c2ccccc2Oc2c(-c3ccccn3)cccc21. The van der Waals surface area contributed by atoms with E-state index in [-0.39, 0.29) is 21.9 Å². The van der Waals surface area contributed by atoms with Crippen molar-refractivity contribution in [2.45, 2.75) is 0 Å². The number of halogens is 2. The summed E-state index contributed by atoms with van der Waals surface area (Å²) in [5.41, 5.74) is 1.23. The van der Waals surface area contributed by atoms with Crippen LogP contribution in [0.1, 0.15) is 0 Å². The normalized spacial score (nSPS) is 14.6. The molecule has 2 aromatic carbocycles. The Kier molecular flexibility index (Phi) is 2.84. The van der Waals surface area contributed by atoms with E-state index < -0.39 is 8.74 Å². The smallest absolute Gasteiger partial charge is 0.456 e. The Bertz CT molecular complexity index is 852. The van der Waals surface area contributed by atoms with Crippen LogP contribution in [0.15, 0.2) is 66.9 Å². The van der Waals surface area contributed by atoms with E-state index >= 15 is 0 Å². The summed E-state index contributed by atoms with van der Waals surface area (Å²) in [4.78, 5) is 4.25. The number of ether oxygens (including phenoxy) is 1. The lowest BCUT2D eigenvalue weighted by molar-refractivity contribution is 0.479. The first-order chi connectivity index (χ1) is 10.7. The molecule has 0 spiro atoms. The fourth-order valence-electron chi connectivity index (χ4n) is 2.69. The van der Waals surface area contributed by atoms with Gasteiger partial charge in [-0.25, -0.2) is 0 Å². The average Bonchev–Trinajstić information content (AvgIpc) is 2.55. The van der Waals surface area contributed by atoms with Gasteiger partial charge in [-0.05, 0) is 24.3 Å². The van der Waals surface area contributed by atoms with Gasteiger partial charge >= 0.3 is 8.74 Å². The van der Waals surface area contributed by atoms with Gasteiger partial charge < -0.3 is 4.74 Å². The third-order valence-electron chi connectivity index (χ3n) is 3.73. The van der Waals surface area contributed by atoms with Crippen molar-refractivity contribution in [1.29, 1.82) is 0 Å². The maximum Gasteiger partial charge on any atom is 0.494 e. The van der Waals surface area contributed by atoms with Crippen molar-refractivity contribution >= 4 is 19.1 Å². The summed E-state index contributed by atoms with van der Waals surface area (Å²) in [5, 5.41) is 0.0371. The quantitative estimate of drug-likeness (QED) is 0.508. The zero-order valence-electron chi connectivity index (χ0n) is 11.5. The number of fused-ring (bicyclic) bond motifs is 2. The molecular formula is C17H11F2NOSi. The first kappa shape index (κ1) is 13.2. The first-order valence-electron chi connectivity index (χ1n) is 6.88. The van der Waals surface area contributed by atoms with Crippen LogP contribution in [0.5, 0.6) is 11.5 Å². The number of rotatable bonds is 1. The second kappa shape index (κ2) is 4.74. The number of hydrogen-bond donors (Lipinski definition) is 0. The predicted molar refractivity (Wildman–Crippen MR) is 83.4 cm³/mol. The zero-order chi connectivity index (χ0) is 15.2. The lowest BCUT2D eigenvalue weighted by atomic mass is 10.1. The molecule has 0 radical (unpaired) electrons. The molecule has 2 nitrogen and oxygen atoms in total. The maximum absolute atomic E-state index is 14.9. The zero-order valence-corrected chi connectivity index (χ0v) is 12.5. The monoisotopic (exact) mass is 311 g/mol. The molecule has 0 unspecified atom stereocenters. The van der Waals surface area contributed by atoms with Crippen LogP contribution in [0.2, 0.25) is 0 Å². The van der Waals surface area contributed by atoms with E-state index in [1.165, 1.54) is 12.1 Å². The summed E-state index contributed by atoms with van der Waals surface area (Å²) in [6.07, 6.45) is 1.64. The Morgan fingerprint density at radius 2 is 1.59 bits per heavy atom. The molecule has 22 heavy (non-hydrogen) atoms. The van der Waals surface area contributed by atoms with Crippen molar-refractivity contribution in [2.24, 2.45) is 0 Å². The fourth-order valence-corrected chi connectivity index (χ4v) is 4.50. The largest absolute Gasteiger partial charge is 0.494 e. The molecule has 1 aliphatic heterocycles. The molecule has 0 N–H and O–H groups in total. The molecule has 0 bridgehead atoms. The first-order valence-corrected chi connectivity index (χ1v) is 8.63. The van der Waals surface area contributed by atoms with Gasteiger partial charge in [0, 0.05) is 22.1 Å². The number of para-hydroxylation sites is 2. The van der Waals surface area contributed by atoms with E-state index in [0.717, 1.165) is 0 Å². The van der Waals surface area contributed by atoms with Crippen LogP contribution >= 0.6 is 0 Å². The van der Waals surface area contributed by atoms with Gasteiger partial charge in [0.2, 0.25) is 0 Å². The number of hydrogen-bond acceptors (Lipinski definition) is 2. The molecule has 2 heterocycles. The Morgan fingerprint density at radius 1 is 0.818 bits per heavy atom. The minimum absolute atomic E-state index is 0.00866. The fraction of sp³-hybridized carbons (Fsp3) is 0. The molecule has 0 aliphatic carbocycles. The molecule has 4 rings (SSSR count). The number of nitrogens with zero attached hydrogens (tertiary/aromatic N) is 1. The van der Waals surface area contributed by atoms with Gasteiger partial charge in [-0.2, -0.15) is 0 Å². The number of benzene rings is 2. The second-order valence-electron chi connectivity index (χ2n) is 5.07. The van der Waals surface area contributed by atoms with Crippen LogP contribution in [-0.2, 0) is 0 Å². The molecule has 1 aromatic heterocycles. The highest BCUT2D eigenvalue weighted by Crippen LogP contribution is 2.36. The highest BCUT2D eigenvalue weighted by atomic mass is 28.4. The van der Waals surface area contributed by atoms with Gasteiger partial charge in [0.1, 0.15) is 11.5 Å². The Morgan fingerprint density at radius 3 is 2.41 bits per heavy atom. The van der Waals surface area contributed by atoms with Gasteiger partial charge in [-0.15, -0.1) is 0 Å². The van der Waals surface area contributed by atoms with E-state index in [1.54, 1.807) is 48.7 Å². The molecule has 5 heteroatoms. The molecule has 0 atom stereocenters. The van der Waals surface area contributed by atoms with Crippen LogP contribution in [0.3, 0.4) is 0 Å². The highest BCUT2D eigenvalue weighted by Gasteiger charge is 2.49. The van der Waals surface area contributed by atoms with Gasteiger partial charge in [0.15, 0.2) is 0 Å². The molecule has 0 saturated heterocycles. The van der Waals surface area contributed by atoms with E-state index in [4.69, 9.17) is 4.74 Å². The maximum atomic E-state index is 14.9. The molecule has 3 aromatic rings. The lowest BCUT2D eigenvalue weighted by Gasteiger charge is -2.27. The van der Waals surface area contributed by atoms with E-state index in [0.29, 0.717) is 11.3 Å². The summed E-state index contributed by atoms with van der Waals surface area (Å²) < 4.78 is 35.7. The standard InChI is InChI=1S/C17H11F2NOSi/c18-22(19)15-9-2-1-8-14(15)21-17-12(6-5-10-16(17)22)13-7-3-4-11-20-13/h1-11H. The lowest BCUT2D eigenvalue weighted by Crippen LogP contribution is -2.54. The van der Waals surface area contributed by atoms with Crippen molar-refractivity contribution in [1.82, 2.24) is 4.98 Å². The van der Waals surface area contributed by atoms with Gasteiger partial charge in [0.05, 0.1) is 5.69 Å². The summed E-state index contributed by atoms with van der Waals surface area (Å²) in [6.45, 7) is 0. The minimum atomic E-state index is -4.75. The molecule has 0 saturated carbocycles. The number of aromatic nitrogens is 1. The van der Waals surface area contributed by atoms with Crippen LogP contribution in [0, 0.1) is 0 Å². The minimum Gasteiger partial charge on any atom is -0.456 e. The Hall–Kier alpha value is -2.53. The van der Waals surface area contributed by atoms with Crippen molar-refractivity contribution < 1.29 is 13.0 Å². The van der Waals surface area contributed by atoms with E-state index in [1.807, 2.05) is 6.07 Å². The van der Waals surface area contributed by atoms with Crippen molar-refractivity contribution in [3.05, 3.63) is 66.9 Å². The van der Waals surface area contributed by atoms with E-state index in [2.05, 4.69) is 4.98 Å². The van der Waals surface area contributed by atoms with Crippen molar-refractivity contribution in [3.8, 4) is 22.8 Å². The van der Waals surface area contributed by atoms with Crippen molar-refractivity contribution in [3.63, 3.8) is 0 Å². The third-order valence-corrected chi connectivity index (χ3v) is 5.89. The van der Waals surface area contributed by atoms with Crippen LogP contribution in [-0.4, -0.2) is 13.7 Å². The van der Waals surface area contributed by atoms with Crippen LogP contribution in [0.4, 0.5) is 8.22 Å². The summed E-state index contributed by atoms with van der Waals surface area (Å²) in [7, 11) is -4.75. The molecule has 0 fully saturated rings. The molecule has 1 aliphatic rings. The highest BCUT2D eigenvalue weighted by molar-refractivity contribution is 6.93. The topological polar surface area (TPSA) is 22.1 Å². The molecule has 108 valence electrons. The van der Waals surface area contributed by atoms with E-state index in [9.17, 15) is 8.22 Å². The van der Waals surface area contributed by atoms with Crippen molar-refractivity contribution in [2.75, 3.05) is 0 Å². The summed E-state index contributed by atoms with van der Waals surface area (Å²) in [5.74, 6) is 0.478. The van der Waals surface area contributed by atoms with Gasteiger partial charge in [-0.3, -0.25) is 13.2 Å². The third kappa shape index (κ3) is 1.86. The average molecular weight is 311 g/mol. The molecule has 0 amide bonds. The van der Waals surface area contributed by atoms with Crippen LogP contribution in [0.25, 0.3) is 11.3 Å². The predicted octanol–water partition coefficient (Wildman–Crippen LogP) is 3.35. The summed E-state index contributed by atoms with van der Waals surface area (Å²) in [6, 6.07) is 16.6. The Balaban J connectivity index is 1.97. The summed E-state index contributed by atoms with van der Waals surface area (Å²) >= 11 is 0. The number of pyridine rings is 1. The van der Waals surface area contributed by atoms with Crippen LogP contribution < -0.4 is 15.1 Å².